The van der Waals surface area contributed by atoms with Gasteiger partial charge in [-0.2, -0.15) is 0 Å². The predicted molar refractivity (Wildman–Crippen MR) is 216 cm³/mol. The highest BCUT2D eigenvalue weighted by Gasteiger charge is 2.68. The SMILES string of the molecule is C/C1=C2/[NH2+][C@H]([C@H](CC(=O)[O-])[C@@]2(C)CCC(=O)[O-])[C@]2(C)N=C(/C(C)=C3N=C(/C=C4N=C1[C@@H](CCC(=O)[O-])C\4(C)C)[C@@H](CCC(=O)[O-])[C@]\3(C)CC(N)=O)[C@@H](CCC(=O)[O-])[C@]2(C)CC(N)=O. The van der Waals surface area contributed by atoms with Crippen LogP contribution in [0.1, 0.15) is 126 Å². The smallest absolute Gasteiger partial charge is 0.218 e. The van der Waals surface area contributed by atoms with Crippen molar-refractivity contribution in [1.29, 1.82) is 0 Å². The van der Waals surface area contributed by atoms with E-state index in [9.17, 15) is 59.1 Å². The summed E-state index contributed by atoms with van der Waals surface area (Å²) < 4.78 is 0. The van der Waals surface area contributed by atoms with Gasteiger partial charge in [0, 0.05) is 105 Å². The maximum absolute atomic E-state index is 13.3. The molecule has 1 saturated heterocycles. The Balaban J connectivity index is 2.02. The number of nitrogens with two attached hydrogens (primary N) is 3. The summed E-state index contributed by atoms with van der Waals surface area (Å²) in [5, 5.41) is 63.2. The lowest BCUT2D eigenvalue weighted by molar-refractivity contribution is -0.645. The number of hydrogen-bond donors (Lipinski definition) is 3. The molecule has 5 aliphatic rings. The number of primary amides is 2. The molecule has 1 fully saturated rings. The van der Waals surface area contributed by atoms with Crippen LogP contribution in [0.4, 0.5) is 0 Å². The minimum Gasteiger partial charge on any atom is -0.550 e. The number of quaternary nitrogens is 1. The lowest BCUT2D eigenvalue weighted by Gasteiger charge is -2.46. The molecular formula is C45H58N6O12-4. The molecule has 5 heterocycles. The molecule has 2 amide bonds. The number of hydrogen-bond acceptors (Lipinski definition) is 15. The molecule has 0 aliphatic carbocycles. The zero-order valence-electron chi connectivity index (χ0n) is 37.2. The Labute approximate surface area is 366 Å². The number of allylic oxidation sites excluding steroid dienone is 6. The third kappa shape index (κ3) is 8.62. The third-order valence-corrected chi connectivity index (χ3v) is 15.5. The van der Waals surface area contributed by atoms with Gasteiger partial charge in [-0.1, -0.05) is 27.7 Å². The van der Waals surface area contributed by atoms with Crippen molar-refractivity contribution in [2.24, 2.45) is 71.8 Å². The normalized spacial score (nSPS) is 36.3. The minimum absolute atomic E-state index is 0.0458. The maximum atomic E-state index is 13.3. The lowest BCUT2D eigenvalue weighted by Crippen LogP contribution is -2.92. The molecule has 6 N–H and O–H groups in total. The first-order valence-corrected chi connectivity index (χ1v) is 21.4. The van der Waals surface area contributed by atoms with Gasteiger partial charge in [0.25, 0.3) is 0 Å². The molecule has 18 heteroatoms. The minimum atomic E-state index is -1.50. The van der Waals surface area contributed by atoms with Gasteiger partial charge in [0.2, 0.25) is 11.8 Å². The fourth-order valence-corrected chi connectivity index (χ4v) is 12.1. The van der Waals surface area contributed by atoms with Crippen LogP contribution in [0.3, 0.4) is 0 Å². The molecular weight excluding hydrogens is 817 g/mol. The molecule has 0 radical (unpaired) electrons. The van der Waals surface area contributed by atoms with Crippen LogP contribution in [-0.2, 0) is 33.6 Å². The Kier molecular flexibility index (Phi) is 13.3. The summed E-state index contributed by atoms with van der Waals surface area (Å²) in [6, 6.07) is -0.926. The van der Waals surface area contributed by atoms with Crippen molar-refractivity contribution >= 4 is 58.8 Å². The van der Waals surface area contributed by atoms with Gasteiger partial charge >= 0.3 is 0 Å². The molecule has 63 heavy (non-hydrogen) atoms. The van der Waals surface area contributed by atoms with E-state index >= 15 is 0 Å². The molecule has 0 aromatic carbocycles. The van der Waals surface area contributed by atoms with Gasteiger partial charge in [-0.15, -0.1) is 0 Å². The molecule has 18 nitrogen and oxygen atoms in total. The fraction of sp³-hybridized carbons (Fsp3) is 0.644. The van der Waals surface area contributed by atoms with E-state index < -0.39 is 124 Å². The van der Waals surface area contributed by atoms with Crippen molar-refractivity contribution in [3.05, 3.63) is 34.3 Å². The van der Waals surface area contributed by atoms with Crippen LogP contribution in [0.25, 0.3) is 0 Å². The second-order valence-corrected chi connectivity index (χ2v) is 19.6. The second kappa shape index (κ2) is 17.2. The largest absolute Gasteiger partial charge is 0.550 e. The molecule has 0 spiro atoms. The van der Waals surface area contributed by atoms with Crippen LogP contribution in [0.15, 0.2) is 49.3 Å². The van der Waals surface area contributed by atoms with E-state index in [1.165, 1.54) is 0 Å². The molecule has 5 aliphatic heterocycles. The van der Waals surface area contributed by atoms with E-state index in [1.807, 2.05) is 19.2 Å². The zero-order valence-corrected chi connectivity index (χ0v) is 37.2. The van der Waals surface area contributed by atoms with Gasteiger partial charge < -0.3 is 66.3 Å². The quantitative estimate of drug-likeness (QED) is 0.124. The van der Waals surface area contributed by atoms with Crippen LogP contribution in [0, 0.1) is 45.3 Å². The zero-order chi connectivity index (χ0) is 47.4. The predicted octanol–water partition coefficient (Wildman–Crippen LogP) is -2.98. The number of nitrogens with zero attached hydrogens (tertiary/aromatic N) is 3. The third-order valence-electron chi connectivity index (χ3n) is 15.5. The number of carboxylic acids is 5. The Morgan fingerprint density at radius 2 is 1.17 bits per heavy atom. The van der Waals surface area contributed by atoms with Crippen LogP contribution in [0.5, 0.6) is 0 Å². The van der Waals surface area contributed by atoms with Crippen LogP contribution in [-0.4, -0.2) is 70.4 Å². The summed E-state index contributed by atoms with van der Waals surface area (Å²) in [6.45, 7) is 14.1. The molecule has 5 rings (SSSR count). The molecule has 0 aromatic rings. The molecule has 0 saturated carbocycles. The molecule has 8 bridgehead atoms. The Bertz CT molecular complexity index is 2220. The van der Waals surface area contributed by atoms with E-state index in [-0.39, 0.29) is 44.9 Å². The summed E-state index contributed by atoms with van der Waals surface area (Å²) >= 11 is 0. The highest BCUT2D eigenvalue weighted by Crippen LogP contribution is 2.61. The summed E-state index contributed by atoms with van der Waals surface area (Å²) in [5.41, 5.74) is 8.79. The number of fused-ring (bicyclic) bond motifs is 6. The first-order valence-electron chi connectivity index (χ1n) is 21.4. The van der Waals surface area contributed by atoms with Gasteiger partial charge in [0.1, 0.15) is 17.3 Å². The Hall–Kier alpha value is -5.52. The van der Waals surface area contributed by atoms with Gasteiger partial charge in [-0.05, 0) is 97.1 Å². The highest BCUT2D eigenvalue weighted by atomic mass is 16.4. The fourth-order valence-electron chi connectivity index (χ4n) is 12.1. The molecule has 9 atom stereocenters. The van der Waals surface area contributed by atoms with Crippen molar-refractivity contribution in [3.63, 3.8) is 0 Å². The van der Waals surface area contributed by atoms with E-state index in [1.54, 1.807) is 47.6 Å². The van der Waals surface area contributed by atoms with Crippen LogP contribution >= 0.6 is 0 Å². The van der Waals surface area contributed by atoms with Crippen molar-refractivity contribution in [2.75, 3.05) is 0 Å². The first kappa shape index (κ1) is 48.5. The second-order valence-electron chi connectivity index (χ2n) is 19.6. The molecule has 344 valence electrons. The van der Waals surface area contributed by atoms with E-state index in [0.717, 1.165) is 0 Å². The number of carboxylic acid groups (broad SMARTS) is 5. The number of amides is 2. The van der Waals surface area contributed by atoms with E-state index in [2.05, 4.69) is 0 Å². The monoisotopic (exact) mass is 874 g/mol. The van der Waals surface area contributed by atoms with Crippen molar-refractivity contribution < 1.29 is 64.4 Å². The maximum Gasteiger partial charge on any atom is 0.218 e. The topological polar surface area (TPSA) is 341 Å². The van der Waals surface area contributed by atoms with Crippen LogP contribution < -0.4 is 42.3 Å². The van der Waals surface area contributed by atoms with Crippen molar-refractivity contribution in [2.45, 2.75) is 138 Å². The van der Waals surface area contributed by atoms with Gasteiger partial charge in [-0.25, -0.2) is 0 Å². The van der Waals surface area contributed by atoms with Crippen molar-refractivity contribution in [1.82, 2.24) is 0 Å². The average Bonchev–Trinajstić information content (AvgIpc) is 3.75. The number of aliphatic imine (C=N–C) groups is 3. The van der Waals surface area contributed by atoms with Crippen molar-refractivity contribution in [3.8, 4) is 0 Å². The summed E-state index contributed by atoms with van der Waals surface area (Å²) in [6.07, 6.45) is -1.61. The number of carbonyl (C=O) groups excluding carboxylic acids is 7. The van der Waals surface area contributed by atoms with Crippen LogP contribution in [0.2, 0.25) is 0 Å². The summed E-state index contributed by atoms with van der Waals surface area (Å²) in [4.78, 5) is 103. The lowest BCUT2D eigenvalue weighted by atomic mass is 9.56. The standard InChI is InChI=1S/C45H62N6O12/c1-21-36-24(10-13-32(56)57)41(3,4)28(49-36)18-27-23(9-12-31(54)55)43(6,19-29(46)52)39(48-27)22(2)37-25(11-14-33(58)59)44(7,20-30(47)53)45(8,51-37)40-26(17-35(62)63)42(5,38(21)50-40)16-15-34(60)61/h18,23-26,40,50H,9-17,19-20H2,1-8H3,(H2,46,52)(H2,47,53)(H,54,55)(H,56,57)(H,58,59)(H,60,61)(H,62,63)/p-4/b28-18-,38-21-,39-22-/t23-,24-,25-,26+,40-,42-,43+,44+,45+/m1/s1. The van der Waals surface area contributed by atoms with Gasteiger partial charge in [-0.3, -0.25) is 24.6 Å². The first-order chi connectivity index (χ1) is 29.0. The average molecular weight is 875 g/mol. The highest BCUT2D eigenvalue weighted by molar-refractivity contribution is 6.10. The Morgan fingerprint density at radius 3 is 1.68 bits per heavy atom. The Morgan fingerprint density at radius 1 is 0.651 bits per heavy atom. The summed E-state index contributed by atoms with van der Waals surface area (Å²) in [7, 11) is 0. The van der Waals surface area contributed by atoms with Gasteiger partial charge in [0.05, 0.1) is 16.8 Å². The molecule has 0 unspecified atom stereocenters. The number of carbonyl (C=O) groups is 7. The van der Waals surface area contributed by atoms with Gasteiger partial charge in [0.15, 0.2) is 0 Å². The molecule has 0 aromatic heterocycles. The number of rotatable bonds is 18. The van der Waals surface area contributed by atoms with E-state index in [0.29, 0.717) is 45.4 Å². The summed E-state index contributed by atoms with van der Waals surface area (Å²) in [5.74, 6) is -11.7. The number of aliphatic carboxylic acids is 5. The van der Waals surface area contributed by atoms with E-state index in [4.69, 9.17) is 26.4 Å².